The highest BCUT2D eigenvalue weighted by Crippen LogP contribution is 2.05. The molecule has 0 atom stereocenters. The molecule has 0 saturated heterocycles. The summed E-state index contributed by atoms with van der Waals surface area (Å²) in [6.45, 7) is 14.8. The largest absolute Gasteiger partial charge is 0.490 e. The summed E-state index contributed by atoms with van der Waals surface area (Å²) in [5, 5.41) is 6.56. The standard InChI is InChI=1S/C18H33N5O/c1-6-20-18(21-10-12-23(15(2)3)16(4)5)22-11-13-24-17-8-7-9-19-14-17/h7-9,14-16H,6,10-13H2,1-5H3,(H2,20,21,22). The SMILES string of the molecule is CCNC(=NCCN(C(C)C)C(C)C)NCCOc1cccnc1. The minimum absolute atomic E-state index is 0.531. The van der Waals surface area contributed by atoms with E-state index in [-0.39, 0.29) is 0 Å². The van der Waals surface area contributed by atoms with Crippen molar-refractivity contribution < 1.29 is 4.74 Å². The molecule has 1 heterocycles. The lowest BCUT2D eigenvalue weighted by atomic mass is 10.2. The Labute approximate surface area is 146 Å². The summed E-state index contributed by atoms with van der Waals surface area (Å²) in [5.41, 5.74) is 0. The number of rotatable bonds is 10. The van der Waals surface area contributed by atoms with E-state index < -0.39 is 0 Å². The van der Waals surface area contributed by atoms with Crippen molar-refractivity contribution in [2.75, 3.05) is 32.8 Å². The molecule has 6 nitrogen and oxygen atoms in total. The van der Waals surface area contributed by atoms with E-state index in [2.05, 4.69) is 60.1 Å². The third kappa shape index (κ3) is 8.15. The molecule has 2 N–H and O–H groups in total. The number of aliphatic imine (C=N–C) groups is 1. The summed E-state index contributed by atoms with van der Waals surface area (Å²) >= 11 is 0. The molecule has 0 amide bonds. The van der Waals surface area contributed by atoms with Crippen LogP contribution in [0.15, 0.2) is 29.5 Å². The predicted octanol–water partition coefficient (Wildman–Crippen LogP) is 2.13. The Kier molecular flexibility index (Phi) is 9.84. The molecule has 24 heavy (non-hydrogen) atoms. The van der Waals surface area contributed by atoms with Gasteiger partial charge < -0.3 is 15.4 Å². The minimum atomic E-state index is 0.531. The van der Waals surface area contributed by atoms with Crippen molar-refractivity contribution in [1.82, 2.24) is 20.5 Å². The topological polar surface area (TPSA) is 61.8 Å². The average Bonchev–Trinajstić information content (AvgIpc) is 2.55. The van der Waals surface area contributed by atoms with E-state index in [0.717, 1.165) is 31.3 Å². The lowest BCUT2D eigenvalue weighted by molar-refractivity contribution is 0.181. The molecule has 0 fully saturated rings. The van der Waals surface area contributed by atoms with Crippen LogP contribution in [0.1, 0.15) is 34.6 Å². The van der Waals surface area contributed by atoms with Gasteiger partial charge >= 0.3 is 0 Å². The molecule has 0 aliphatic heterocycles. The van der Waals surface area contributed by atoms with Crippen molar-refractivity contribution in [1.29, 1.82) is 0 Å². The molecule has 6 heteroatoms. The second-order valence-electron chi connectivity index (χ2n) is 6.15. The van der Waals surface area contributed by atoms with Crippen LogP contribution in [0.5, 0.6) is 5.75 Å². The Hall–Kier alpha value is -1.82. The first-order valence-electron chi connectivity index (χ1n) is 8.85. The van der Waals surface area contributed by atoms with E-state index >= 15 is 0 Å². The van der Waals surface area contributed by atoms with Crippen LogP contribution in [0.25, 0.3) is 0 Å². The van der Waals surface area contributed by atoms with Crippen LogP contribution in [-0.2, 0) is 0 Å². The van der Waals surface area contributed by atoms with Gasteiger partial charge in [-0.2, -0.15) is 0 Å². The number of pyridine rings is 1. The normalized spacial score (nSPS) is 12.1. The van der Waals surface area contributed by atoms with Gasteiger partial charge in [-0.1, -0.05) is 0 Å². The van der Waals surface area contributed by atoms with Crippen molar-refractivity contribution in [2.45, 2.75) is 46.7 Å². The molecule has 0 aliphatic rings. The smallest absolute Gasteiger partial charge is 0.191 e. The van der Waals surface area contributed by atoms with Crippen LogP contribution in [-0.4, -0.2) is 60.7 Å². The zero-order valence-corrected chi connectivity index (χ0v) is 15.7. The van der Waals surface area contributed by atoms with Crippen molar-refractivity contribution in [3.05, 3.63) is 24.5 Å². The van der Waals surface area contributed by atoms with Gasteiger partial charge in [0.1, 0.15) is 12.4 Å². The zero-order valence-electron chi connectivity index (χ0n) is 15.7. The van der Waals surface area contributed by atoms with Gasteiger partial charge in [-0.05, 0) is 46.8 Å². The van der Waals surface area contributed by atoms with Crippen LogP contribution in [0, 0.1) is 0 Å². The average molecular weight is 335 g/mol. The molecule has 0 unspecified atom stereocenters. The van der Waals surface area contributed by atoms with Crippen LogP contribution in [0.3, 0.4) is 0 Å². The van der Waals surface area contributed by atoms with E-state index in [1.54, 1.807) is 12.4 Å². The summed E-state index contributed by atoms with van der Waals surface area (Å²) in [6, 6.07) is 4.83. The van der Waals surface area contributed by atoms with E-state index in [1.165, 1.54) is 0 Å². The molecule has 0 saturated carbocycles. The highest BCUT2D eigenvalue weighted by Gasteiger charge is 2.12. The lowest BCUT2D eigenvalue weighted by Crippen LogP contribution is -2.41. The van der Waals surface area contributed by atoms with Gasteiger partial charge in [0.15, 0.2) is 5.96 Å². The van der Waals surface area contributed by atoms with Crippen LogP contribution in [0.4, 0.5) is 0 Å². The molecular weight excluding hydrogens is 302 g/mol. The minimum Gasteiger partial charge on any atom is -0.490 e. The molecule has 0 aromatic carbocycles. The van der Waals surface area contributed by atoms with Gasteiger partial charge in [0.2, 0.25) is 0 Å². The molecule has 136 valence electrons. The highest BCUT2D eigenvalue weighted by atomic mass is 16.5. The number of nitrogens with zero attached hydrogens (tertiary/aromatic N) is 3. The van der Waals surface area contributed by atoms with Gasteiger partial charge in [-0.15, -0.1) is 0 Å². The first-order valence-corrected chi connectivity index (χ1v) is 8.85. The summed E-state index contributed by atoms with van der Waals surface area (Å²) in [7, 11) is 0. The summed E-state index contributed by atoms with van der Waals surface area (Å²) in [5.74, 6) is 1.62. The van der Waals surface area contributed by atoms with Crippen LogP contribution >= 0.6 is 0 Å². The second kappa shape index (κ2) is 11.7. The van der Waals surface area contributed by atoms with Crippen molar-refractivity contribution in [2.24, 2.45) is 4.99 Å². The lowest BCUT2D eigenvalue weighted by Gasteiger charge is -2.29. The van der Waals surface area contributed by atoms with Gasteiger partial charge in [0.05, 0.1) is 19.3 Å². The van der Waals surface area contributed by atoms with Crippen LogP contribution < -0.4 is 15.4 Å². The maximum absolute atomic E-state index is 5.62. The predicted molar refractivity (Wildman–Crippen MR) is 101 cm³/mol. The fraction of sp³-hybridized carbons (Fsp3) is 0.667. The number of hydrogen-bond acceptors (Lipinski definition) is 4. The molecule has 0 bridgehead atoms. The molecule has 0 aliphatic carbocycles. The molecule has 1 aromatic heterocycles. The zero-order chi connectivity index (χ0) is 17.8. The van der Waals surface area contributed by atoms with E-state index in [0.29, 0.717) is 25.2 Å². The second-order valence-corrected chi connectivity index (χ2v) is 6.15. The van der Waals surface area contributed by atoms with Crippen molar-refractivity contribution in [3.63, 3.8) is 0 Å². The number of guanidine groups is 1. The number of ether oxygens (including phenoxy) is 1. The Morgan fingerprint density at radius 2 is 2.00 bits per heavy atom. The first kappa shape index (κ1) is 20.2. The number of nitrogens with one attached hydrogen (secondary N) is 2. The van der Waals surface area contributed by atoms with Gasteiger partial charge in [-0.25, -0.2) is 0 Å². The summed E-state index contributed by atoms with van der Waals surface area (Å²) in [4.78, 5) is 11.1. The first-order chi connectivity index (χ1) is 11.5. The van der Waals surface area contributed by atoms with Crippen molar-refractivity contribution in [3.8, 4) is 5.75 Å². The molecule has 0 spiro atoms. The summed E-state index contributed by atoms with van der Waals surface area (Å²) < 4.78 is 5.62. The Balaban J connectivity index is 2.36. The molecule has 0 radical (unpaired) electrons. The Morgan fingerprint density at radius 1 is 1.25 bits per heavy atom. The quantitative estimate of drug-likeness (QED) is 0.390. The maximum atomic E-state index is 5.62. The summed E-state index contributed by atoms with van der Waals surface area (Å²) in [6.07, 6.45) is 3.45. The van der Waals surface area contributed by atoms with Gasteiger partial charge in [0, 0.05) is 31.4 Å². The van der Waals surface area contributed by atoms with E-state index in [4.69, 9.17) is 4.74 Å². The van der Waals surface area contributed by atoms with Crippen molar-refractivity contribution >= 4 is 5.96 Å². The van der Waals surface area contributed by atoms with Crippen LogP contribution in [0.2, 0.25) is 0 Å². The van der Waals surface area contributed by atoms with E-state index in [9.17, 15) is 0 Å². The van der Waals surface area contributed by atoms with E-state index in [1.807, 2.05) is 12.1 Å². The van der Waals surface area contributed by atoms with Gasteiger partial charge in [0.25, 0.3) is 0 Å². The van der Waals surface area contributed by atoms with Gasteiger partial charge in [-0.3, -0.25) is 14.9 Å². The third-order valence-electron chi connectivity index (χ3n) is 3.60. The highest BCUT2D eigenvalue weighted by molar-refractivity contribution is 5.79. The monoisotopic (exact) mass is 335 g/mol. The fourth-order valence-corrected chi connectivity index (χ4v) is 2.50. The molecular formula is C18H33N5O. The number of aromatic nitrogens is 1. The Morgan fingerprint density at radius 3 is 2.58 bits per heavy atom. The third-order valence-corrected chi connectivity index (χ3v) is 3.60. The Bertz CT molecular complexity index is 454. The number of hydrogen-bond donors (Lipinski definition) is 2. The molecule has 1 rings (SSSR count). The maximum Gasteiger partial charge on any atom is 0.191 e. The molecule has 1 aromatic rings. The fourth-order valence-electron chi connectivity index (χ4n) is 2.50.